The summed E-state index contributed by atoms with van der Waals surface area (Å²) >= 11 is 10.0. The van der Waals surface area contributed by atoms with Crippen LogP contribution in [0.2, 0.25) is 5.02 Å². The number of halogens is 4. The van der Waals surface area contributed by atoms with Crippen molar-refractivity contribution in [2.24, 2.45) is 0 Å². The van der Waals surface area contributed by atoms with E-state index in [9.17, 15) is 8.78 Å². The average Bonchev–Trinajstić information content (AvgIpc) is 1.91. The van der Waals surface area contributed by atoms with Crippen LogP contribution in [0, 0.1) is 0 Å². The summed E-state index contributed by atoms with van der Waals surface area (Å²) in [5, 5.41) is 0.0952. The van der Waals surface area contributed by atoms with Gasteiger partial charge in [-0.15, -0.1) is 8.78 Å². The van der Waals surface area contributed by atoms with Gasteiger partial charge in [0.15, 0.2) is 0 Å². The number of ether oxygens (including phenoxy) is 1. The molecular formula is C7H4Cl2F2O. The average molecular weight is 213 g/mol. The fraction of sp³-hybridized carbons (Fsp3) is 0.143. The zero-order valence-electron chi connectivity index (χ0n) is 5.73. The standard InChI is InChI=1S/C7H4Cl2F2O/c8-5-3-1-2-4-6(5)12-7(9,10)11/h1-4H. The maximum Gasteiger partial charge on any atom is 0.487 e. The molecule has 1 aromatic rings. The summed E-state index contributed by atoms with van der Waals surface area (Å²) in [7, 11) is 0. The van der Waals surface area contributed by atoms with Crippen molar-refractivity contribution in [2.75, 3.05) is 0 Å². The van der Waals surface area contributed by atoms with Crippen LogP contribution in [0.15, 0.2) is 24.3 Å². The fourth-order valence-corrected chi connectivity index (χ4v) is 0.910. The van der Waals surface area contributed by atoms with Crippen molar-refractivity contribution in [3.8, 4) is 5.75 Å². The summed E-state index contributed by atoms with van der Waals surface area (Å²) in [5.41, 5.74) is -3.72. The van der Waals surface area contributed by atoms with Crippen molar-refractivity contribution in [3.05, 3.63) is 29.3 Å². The molecule has 0 saturated heterocycles. The van der Waals surface area contributed by atoms with Crippen LogP contribution in [-0.4, -0.2) is 5.57 Å². The minimum Gasteiger partial charge on any atom is -0.418 e. The molecule has 0 aromatic heterocycles. The molecule has 0 heterocycles. The van der Waals surface area contributed by atoms with Gasteiger partial charge >= 0.3 is 5.57 Å². The SMILES string of the molecule is FC(F)(Cl)Oc1ccccc1Cl. The molecule has 1 rings (SSSR count). The van der Waals surface area contributed by atoms with E-state index in [0.717, 1.165) is 0 Å². The first kappa shape index (κ1) is 9.55. The maximum absolute atomic E-state index is 12.1. The minimum atomic E-state index is -3.72. The first-order valence-corrected chi connectivity index (χ1v) is 3.75. The molecule has 0 bridgehead atoms. The Labute approximate surface area is 77.8 Å². The largest absolute Gasteiger partial charge is 0.487 e. The van der Waals surface area contributed by atoms with Gasteiger partial charge in [0.2, 0.25) is 0 Å². The third-order valence-corrected chi connectivity index (χ3v) is 1.45. The predicted molar refractivity (Wildman–Crippen MR) is 42.9 cm³/mol. The lowest BCUT2D eigenvalue weighted by Crippen LogP contribution is -2.15. The second-order valence-electron chi connectivity index (χ2n) is 1.98. The van der Waals surface area contributed by atoms with Crippen molar-refractivity contribution >= 4 is 23.2 Å². The summed E-state index contributed by atoms with van der Waals surface area (Å²) in [4.78, 5) is 0. The molecule has 1 aromatic carbocycles. The predicted octanol–water partition coefficient (Wildman–Crippen LogP) is 3.51. The van der Waals surface area contributed by atoms with Gasteiger partial charge in [-0.25, -0.2) is 0 Å². The Balaban J connectivity index is 2.83. The molecule has 0 aliphatic rings. The van der Waals surface area contributed by atoms with Gasteiger partial charge in [-0.1, -0.05) is 23.7 Å². The normalized spacial score (nSPS) is 11.3. The van der Waals surface area contributed by atoms with Crippen LogP contribution in [0.1, 0.15) is 0 Å². The van der Waals surface area contributed by atoms with E-state index in [1.165, 1.54) is 18.2 Å². The molecule has 0 unspecified atom stereocenters. The Morgan fingerprint density at radius 3 is 2.33 bits per heavy atom. The van der Waals surface area contributed by atoms with Crippen molar-refractivity contribution < 1.29 is 13.5 Å². The van der Waals surface area contributed by atoms with E-state index in [4.69, 9.17) is 11.6 Å². The summed E-state index contributed by atoms with van der Waals surface area (Å²) in [6, 6.07) is 5.85. The topological polar surface area (TPSA) is 9.23 Å². The Hall–Kier alpha value is -0.540. The van der Waals surface area contributed by atoms with Crippen molar-refractivity contribution in [1.82, 2.24) is 0 Å². The van der Waals surface area contributed by atoms with Gasteiger partial charge in [0.1, 0.15) is 5.75 Å². The molecule has 66 valence electrons. The summed E-state index contributed by atoms with van der Waals surface area (Å²) in [6.07, 6.45) is 0. The van der Waals surface area contributed by atoms with Crippen LogP contribution in [0.5, 0.6) is 5.75 Å². The zero-order valence-corrected chi connectivity index (χ0v) is 7.24. The van der Waals surface area contributed by atoms with Gasteiger partial charge in [0.05, 0.1) is 5.02 Å². The number of alkyl halides is 3. The molecule has 0 spiro atoms. The minimum absolute atomic E-state index is 0.0952. The highest BCUT2D eigenvalue weighted by atomic mass is 35.5. The smallest absolute Gasteiger partial charge is 0.418 e. The Bertz CT molecular complexity index is 272. The summed E-state index contributed by atoms with van der Waals surface area (Å²) < 4.78 is 28.2. The molecule has 0 aliphatic carbocycles. The van der Waals surface area contributed by atoms with Crippen molar-refractivity contribution in [1.29, 1.82) is 0 Å². The lowest BCUT2D eigenvalue weighted by molar-refractivity contribution is -0.0964. The second kappa shape index (κ2) is 3.46. The highest BCUT2D eigenvalue weighted by molar-refractivity contribution is 6.32. The molecular weight excluding hydrogens is 209 g/mol. The van der Waals surface area contributed by atoms with Gasteiger partial charge in [-0.05, 0) is 12.1 Å². The summed E-state index contributed by atoms with van der Waals surface area (Å²) in [5.74, 6) is -0.140. The Morgan fingerprint density at radius 1 is 1.25 bits per heavy atom. The van der Waals surface area contributed by atoms with Gasteiger partial charge in [-0.2, -0.15) is 0 Å². The number of hydrogen-bond donors (Lipinski definition) is 0. The number of rotatable bonds is 2. The Kier molecular flexibility index (Phi) is 2.75. The van der Waals surface area contributed by atoms with Gasteiger partial charge < -0.3 is 4.74 Å². The van der Waals surface area contributed by atoms with E-state index >= 15 is 0 Å². The quantitative estimate of drug-likeness (QED) is 0.683. The van der Waals surface area contributed by atoms with E-state index in [2.05, 4.69) is 16.3 Å². The highest BCUT2D eigenvalue weighted by Gasteiger charge is 2.28. The molecule has 0 saturated carbocycles. The molecule has 0 N–H and O–H groups in total. The van der Waals surface area contributed by atoms with E-state index in [-0.39, 0.29) is 10.8 Å². The molecule has 1 nitrogen and oxygen atoms in total. The Morgan fingerprint density at radius 2 is 1.83 bits per heavy atom. The first-order valence-electron chi connectivity index (χ1n) is 2.99. The van der Waals surface area contributed by atoms with Crippen LogP contribution < -0.4 is 4.74 Å². The van der Waals surface area contributed by atoms with Crippen LogP contribution in [0.4, 0.5) is 8.78 Å². The molecule has 0 atom stereocenters. The number of benzene rings is 1. The first-order chi connectivity index (χ1) is 5.49. The molecule has 5 heteroatoms. The van der Waals surface area contributed by atoms with Crippen LogP contribution >= 0.6 is 23.2 Å². The van der Waals surface area contributed by atoms with Gasteiger partial charge in [0, 0.05) is 11.6 Å². The van der Waals surface area contributed by atoms with E-state index < -0.39 is 5.57 Å². The molecule has 12 heavy (non-hydrogen) atoms. The van der Waals surface area contributed by atoms with Crippen LogP contribution in [-0.2, 0) is 0 Å². The van der Waals surface area contributed by atoms with E-state index in [0.29, 0.717) is 0 Å². The zero-order chi connectivity index (χ0) is 9.19. The third-order valence-electron chi connectivity index (χ3n) is 1.06. The summed E-state index contributed by atoms with van der Waals surface area (Å²) in [6.45, 7) is 0. The van der Waals surface area contributed by atoms with Gasteiger partial charge in [-0.3, -0.25) is 0 Å². The van der Waals surface area contributed by atoms with E-state index in [1.807, 2.05) is 0 Å². The fourth-order valence-electron chi connectivity index (χ4n) is 0.652. The lowest BCUT2D eigenvalue weighted by atomic mass is 10.3. The molecule has 0 radical (unpaired) electrons. The lowest BCUT2D eigenvalue weighted by Gasteiger charge is -2.10. The second-order valence-corrected chi connectivity index (χ2v) is 2.83. The van der Waals surface area contributed by atoms with Crippen LogP contribution in [0.25, 0.3) is 0 Å². The van der Waals surface area contributed by atoms with Gasteiger partial charge in [0.25, 0.3) is 0 Å². The number of hydrogen-bond acceptors (Lipinski definition) is 1. The third kappa shape index (κ3) is 2.83. The number of para-hydroxylation sites is 1. The van der Waals surface area contributed by atoms with Crippen LogP contribution in [0.3, 0.4) is 0 Å². The van der Waals surface area contributed by atoms with Crippen molar-refractivity contribution in [2.45, 2.75) is 5.57 Å². The van der Waals surface area contributed by atoms with Crippen molar-refractivity contribution in [3.63, 3.8) is 0 Å². The highest BCUT2D eigenvalue weighted by Crippen LogP contribution is 2.30. The molecule has 0 aliphatic heterocycles. The maximum atomic E-state index is 12.1. The van der Waals surface area contributed by atoms with E-state index in [1.54, 1.807) is 6.07 Å². The molecule has 0 amide bonds. The monoisotopic (exact) mass is 212 g/mol. The molecule has 0 fully saturated rings.